The molecule has 0 aliphatic carbocycles. The van der Waals surface area contributed by atoms with Gasteiger partial charge >= 0.3 is 6.18 Å². The minimum Gasteiger partial charge on any atom is -0.383 e. The standard InChI is InChI=1S/C14H19F3N2O/c15-14(16,17)11-20-10-4-9-19-8-3-7-18-12-5-1-2-6-13(12)19/h1-2,5-6,18H,3-4,7-11H2. The highest BCUT2D eigenvalue weighted by Gasteiger charge is 2.27. The van der Waals surface area contributed by atoms with Crippen molar-refractivity contribution in [2.24, 2.45) is 0 Å². The number of rotatable bonds is 5. The van der Waals surface area contributed by atoms with Crippen molar-refractivity contribution in [1.29, 1.82) is 0 Å². The number of ether oxygens (including phenoxy) is 1. The van der Waals surface area contributed by atoms with Gasteiger partial charge in [0.15, 0.2) is 0 Å². The Morgan fingerprint density at radius 1 is 1.25 bits per heavy atom. The lowest BCUT2D eigenvalue weighted by Gasteiger charge is -2.24. The maximum atomic E-state index is 11.9. The molecule has 0 atom stereocenters. The Morgan fingerprint density at radius 2 is 2.05 bits per heavy atom. The number of halogens is 3. The molecule has 20 heavy (non-hydrogen) atoms. The van der Waals surface area contributed by atoms with Crippen molar-refractivity contribution in [3.05, 3.63) is 24.3 Å². The third-order valence-corrected chi connectivity index (χ3v) is 3.15. The maximum absolute atomic E-state index is 11.9. The highest BCUT2D eigenvalue weighted by Crippen LogP contribution is 2.27. The van der Waals surface area contributed by atoms with Crippen LogP contribution in [0.4, 0.5) is 24.5 Å². The molecular formula is C14H19F3N2O. The molecule has 1 N–H and O–H groups in total. The van der Waals surface area contributed by atoms with Crippen LogP contribution in [0.25, 0.3) is 0 Å². The van der Waals surface area contributed by atoms with Gasteiger partial charge in [-0.3, -0.25) is 0 Å². The van der Waals surface area contributed by atoms with E-state index >= 15 is 0 Å². The minimum absolute atomic E-state index is 0.131. The van der Waals surface area contributed by atoms with Gasteiger partial charge in [0, 0.05) is 26.2 Å². The van der Waals surface area contributed by atoms with Crippen molar-refractivity contribution >= 4 is 11.4 Å². The van der Waals surface area contributed by atoms with Gasteiger partial charge in [0.05, 0.1) is 11.4 Å². The van der Waals surface area contributed by atoms with E-state index < -0.39 is 12.8 Å². The molecule has 0 fully saturated rings. The van der Waals surface area contributed by atoms with Gasteiger partial charge in [0.2, 0.25) is 0 Å². The smallest absolute Gasteiger partial charge is 0.383 e. The van der Waals surface area contributed by atoms with Crippen LogP contribution in [0.1, 0.15) is 12.8 Å². The molecule has 1 aromatic rings. The van der Waals surface area contributed by atoms with Gasteiger partial charge in [-0.15, -0.1) is 0 Å². The maximum Gasteiger partial charge on any atom is 0.411 e. The number of nitrogens with one attached hydrogen (secondary N) is 1. The summed E-state index contributed by atoms with van der Waals surface area (Å²) < 4.78 is 40.5. The Morgan fingerprint density at radius 3 is 2.85 bits per heavy atom. The number of benzene rings is 1. The molecule has 0 aromatic heterocycles. The lowest BCUT2D eigenvalue weighted by atomic mass is 10.2. The lowest BCUT2D eigenvalue weighted by Crippen LogP contribution is -2.26. The summed E-state index contributed by atoms with van der Waals surface area (Å²) in [5, 5.41) is 3.35. The first-order valence-electron chi connectivity index (χ1n) is 6.78. The van der Waals surface area contributed by atoms with E-state index in [1.165, 1.54) is 0 Å². The van der Waals surface area contributed by atoms with Crippen molar-refractivity contribution in [3.63, 3.8) is 0 Å². The summed E-state index contributed by atoms with van der Waals surface area (Å²) in [5.41, 5.74) is 2.20. The summed E-state index contributed by atoms with van der Waals surface area (Å²) >= 11 is 0. The van der Waals surface area contributed by atoms with Crippen LogP contribution in [0, 0.1) is 0 Å². The van der Waals surface area contributed by atoms with Crippen LogP contribution in [0.2, 0.25) is 0 Å². The highest BCUT2D eigenvalue weighted by molar-refractivity contribution is 5.70. The van der Waals surface area contributed by atoms with Crippen molar-refractivity contribution in [3.8, 4) is 0 Å². The Bertz CT molecular complexity index is 423. The molecule has 1 aliphatic heterocycles. The summed E-state index contributed by atoms with van der Waals surface area (Å²) in [4.78, 5) is 2.20. The molecule has 3 nitrogen and oxygen atoms in total. The van der Waals surface area contributed by atoms with Crippen LogP contribution in [-0.4, -0.2) is 39.0 Å². The molecule has 0 saturated carbocycles. The van der Waals surface area contributed by atoms with E-state index in [9.17, 15) is 13.2 Å². The molecule has 0 saturated heterocycles. The van der Waals surface area contributed by atoms with Crippen molar-refractivity contribution in [2.45, 2.75) is 19.0 Å². The Kier molecular flexibility index (Phi) is 5.11. The zero-order valence-electron chi connectivity index (χ0n) is 11.2. The van der Waals surface area contributed by atoms with Crippen LogP contribution in [0.15, 0.2) is 24.3 Å². The lowest BCUT2D eigenvalue weighted by molar-refractivity contribution is -0.173. The van der Waals surface area contributed by atoms with E-state index in [0.717, 1.165) is 30.9 Å². The highest BCUT2D eigenvalue weighted by atomic mass is 19.4. The second kappa shape index (κ2) is 6.83. The first-order chi connectivity index (χ1) is 9.56. The van der Waals surface area contributed by atoms with E-state index in [-0.39, 0.29) is 6.61 Å². The fourth-order valence-electron chi connectivity index (χ4n) is 2.29. The molecule has 0 spiro atoms. The molecule has 1 heterocycles. The van der Waals surface area contributed by atoms with E-state index in [2.05, 4.69) is 15.0 Å². The largest absolute Gasteiger partial charge is 0.411 e. The van der Waals surface area contributed by atoms with Gasteiger partial charge in [-0.25, -0.2) is 0 Å². The predicted octanol–water partition coefficient (Wildman–Crippen LogP) is 3.28. The molecule has 6 heteroatoms. The zero-order chi connectivity index (χ0) is 14.4. The molecule has 0 unspecified atom stereocenters. The van der Waals surface area contributed by atoms with E-state index in [1.54, 1.807) is 0 Å². The third-order valence-electron chi connectivity index (χ3n) is 3.15. The van der Waals surface area contributed by atoms with Gasteiger partial charge in [0.25, 0.3) is 0 Å². The number of nitrogens with zero attached hydrogens (tertiary/aromatic N) is 1. The molecular weight excluding hydrogens is 269 g/mol. The Hall–Kier alpha value is -1.43. The average Bonchev–Trinajstić information content (AvgIpc) is 2.60. The number of alkyl halides is 3. The van der Waals surface area contributed by atoms with Crippen LogP contribution in [-0.2, 0) is 4.74 Å². The number of para-hydroxylation sites is 2. The third kappa shape index (κ3) is 4.59. The summed E-state index contributed by atoms with van der Waals surface area (Å²) in [6, 6.07) is 8.00. The van der Waals surface area contributed by atoms with Crippen molar-refractivity contribution in [2.75, 3.05) is 43.1 Å². The molecule has 112 valence electrons. The average molecular weight is 288 g/mol. The van der Waals surface area contributed by atoms with E-state index in [4.69, 9.17) is 0 Å². The molecule has 1 aromatic carbocycles. The second-order valence-electron chi connectivity index (χ2n) is 4.81. The van der Waals surface area contributed by atoms with E-state index in [1.807, 2.05) is 24.3 Å². The SMILES string of the molecule is FC(F)(F)COCCCN1CCCNc2ccccc21. The van der Waals surface area contributed by atoms with Gasteiger partial charge < -0.3 is 15.0 Å². The van der Waals surface area contributed by atoms with E-state index in [0.29, 0.717) is 13.0 Å². The Labute approximate surface area is 116 Å². The summed E-state index contributed by atoms with van der Waals surface area (Å²) in [5.74, 6) is 0. The summed E-state index contributed by atoms with van der Waals surface area (Å²) in [7, 11) is 0. The van der Waals surface area contributed by atoms with Crippen LogP contribution >= 0.6 is 0 Å². The monoisotopic (exact) mass is 288 g/mol. The number of hydrogen-bond donors (Lipinski definition) is 1. The van der Waals surface area contributed by atoms with Gasteiger partial charge in [-0.2, -0.15) is 13.2 Å². The fraction of sp³-hybridized carbons (Fsp3) is 0.571. The van der Waals surface area contributed by atoms with Crippen LogP contribution in [0.3, 0.4) is 0 Å². The first-order valence-corrected chi connectivity index (χ1v) is 6.78. The molecule has 0 bridgehead atoms. The van der Waals surface area contributed by atoms with Crippen LogP contribution < -0.4 is 10.2 Å². The molecule has 0 radical (unpaired) electrons. The van der Waals surface area contributed by atoms with Gasteiger partial charge in [-0.1, -0.05) is 12.1 Å². The molecule has 0 amide bonds. The minimum atomic E-state index is -4.24. The summed E-state index contributed by atoms with van der Waals surface area (Å²) in [6.07, 6.45) is -2.64. The topological polar surface area (TPSA) is 24.5 Å². The van der Waals surface area contributed by atoms with Crippen LogP contribution in [0.5, 0.6) is 0 Å². The van der Waals surface area contributed by atoms with Gasteiger partial charge in [-0.05, 0) is 25.0 Å². The number of fused-ring (bicyclic) bond motifs is 1. The number of anilines is 2. The predicted molar refractivity (Wildman–Crippen MR) is 73.3 cm³/mol. The molecule has 2 rings (SSSR count). The second-order valence-corrected chi connectivity index (χ2v) is 4.81. The quantitative estimate of drug-likeness (QED) is 0.842. The number of hydrogen-bond acceptors (Lipinski definition) is 3. The normalized spacial score (nSPS) is 15.4. The first kappa shape index (κ1) is 15.0. The van der Waals surface area contributed by atoms with Crippen molar-refractivity contribution in [1.82, 2.24) is 0 Å². The molecule has 1 aliphatic rings. The zero-order valence-corrected chi connectivity index (χ0v) is 11.2. The Balaban J connectivity index is 1.81. The van der Waals surface area contributed by atoms with Gasteiger partial charge in [0.1, 0.15) is 6.61 Å². The van der Waals surface area contributed by atoms with Crippen molar-refractivity contribution < 1.29 is 17.9 Å². The fourth-order valence-corrected chi connectivity index (χ4v) is 2.29. The summed E-state index contributed by atoms with van der Waals surface area (Å²) in [6.45, 7) is 1.49.